The molecule has 3 aromatic rings. The maximum absolute atomic E-state index is 9.54. The molecule has 0 amide bonds. The quantitative estimate of drug-likeness (QED) is 0.570. The van der Waals surface area contributed by atoms with Crippen LogP contribution >= 0.6 is 11.3 Å². The van der Waals surface area contributed by atoms with Crippen molar-refractivity contribution in [2.45, 2.75) is 0 Å². The molecule has 8 heteroatoms. The molecule has 0 unspecified atom stereocenters. The van der Waals surface area contributed by atoms with E-state index in [1.807, 2.05) is 49.3 Å². The highest BCUT2D eigenvalue weighted by atomic mass is 32.1. The summed E-state index contributed by atoms with van der Waals surface area (Å²) in [6, 6.07) is 13.0. The van der Waals surface area contributed by atoms with Gasteiger partial charge < -0.3 is 14.9 Å². The molecule has 0 aliphatic heterocycles. The Bertz CT molecular complexity index is 831. The van der Waals surface area contributed by atoms with E-state index in [0.29, 0.717) is 16.3 Å². The fourth-order valence-corrected chi connectivity index (χ4v) is 2.90. The summed E-state index contributed by atoms with van der Waals surface area (Å²) in [5, 5.41) is 27.9. The fraction of sp³-hybridized carbons (Fsp3) is 0.133. The van der Waals surface area contributed by atoms with E-state index in [-0.39, 0.29) is 0 Å². The number of aromatic nitrogens is 1. The molecule has 1 heterocycles. The van der Waals surface area contributed by atoms with Crippen molar-refractivity contribution >= 4 is 50.6 Å². The monoisotopic (exact) mass is 326 g/mol. The second-order valence-corrected chi connectivity index (χ2v) is 6.18. The van der Waals surface area contributed by atoms with Gasteiger partial charge in [0.1, 0.15) is 0 Å². The number of rotatable bonds is 4. The van der Waals surface area contributed by atoms with Crippen LogP contribution in [0.3, 0.4) is 0 Å². The Kier molecular flexibility index (Phi) is 4.38. The molecule has 0 saturated heterocycles. The average Bonchev–Trinajstić information content (AvgIpc) is 2.95. The molecule has 0 fully saturated rings. The number of para-hydroxylation sites is 1. The molecule has 2 aromatic carbocycles. The van der Waals surface area contributed by atoms with E-state index in [4.69, 9.17) is 0 Å². The Hall–Kier alpha value is -2.29. The third-order valence-corrected chi connectivity index (χ3v) is 4.25. The number of azo groups is 1. The van der Waals surface area contributed by atoms with Gasteiger partial charge in [0, 0.05) is 25.2 Å². The maximum Gasteiger partial charge on any atom is 0.490 e. The van der Waals surface area contributed by atoms with Crippen LogP contribution in [-0.4, -0.2) is 36.2 Å². The molecule has 116 valence electrons. The van der Waals surface area contributed by atoms with Gasteiger partial charge >= 0.3 is 7.12 Å². The zero-order valence-corrected chi connectivity index (χ0v) is 13.5. The summed E-state index contributed by atoms with van der Waals surface area (Å²) in [6.45, 7) is 0. The van der Waals surface area contributed by atoms with Crippen molar-refractivity contribution in [2.75, 3.05) is 19.0 Å². The molecule has 0 radical (unpaired) electrons. The molecule has 0 aliphatic carbocycles. The van der Waals surface area contributed by atoms with Crippen LogP contribution in [0.15, 0.2) is 52.7 Å². The number of thiazole rings is 1. The molecule has 0 spiro atoms. The summed E-state index contributed by atoms with van der Waals surface area (Å²) >= 11 is 1.43. The molecule has 0 saturated carbocycles. The van der Waals surface area contributed by atoms with Gasteiger partial charge in [0.15, 0.2) is 0 Å². The first-order valence-electron chi connectivity index (χ1n) is 6.99. The van der Waals surface area contributed by atoms with E-state index in [1.54, 1.807) is 12.1 Å². The Morgan fingerprint density at radius 2 is 1.87 bits per heavy atom. The highest BCUT2D eigenvalue weighted by molar-refractivity contribution is 7.21. The number of nitrogens with zero attached hydrogens (tertiary/aromatic N) is 4. The smallest absolute Gasteiger partial charge is 0.423 e. The summed E-state index contributed by atoms with van der Waals surface area (Å²) in [5.74, 6) is 0. The van der Waals surface area contributed by atoms with Gasteiger partial charge in [-0.25, -0.2) is 4.98 Å². The highest BCUT2D eigenvalue weighted by Gasteiger charge is 2.17. The minimum atomic E-state index is -1.61. The van der Waals surface area contributed by atoms with Gasteiger partial charge in [0.25, 0.3) is 0 Å². The second-order valence-electron chi connectivity index (χ2n) is 5.18. The van der Waals surface area contributed by atoms with E-state index < -0.39 is 7.12 Å². The molecule has 0 bridgehead atoms. The average molecular weight is 326 g/mol. The summed E-state index contributed by atoms with van der Waals surface area (Å²) in [5.41, 5.74) is 2.44. The van der Waals surface area contributed by atoms with Crippen LogP contribution < -0.4 is 10.4 Å². The molecular weight excluding hydrogens is 311 g/mol. The van der Waals surface area contributed by atoms with Crippen molar-refractivity contribution in [3.63, 3.8) is 0 Å². The lowest BCUT2D eigenvalue weighted by Crippen LogP contribution is -2.30. The lowest BCUT2D eigenvalue weighted by molar-refractivity contribution is 0.426. The standard InChI is InChI=1S/C15H15BN4O2S/c1-20(2)10-7-8-12(11(9-10)16(21)22)18-19-15-17-13-5-3-4-6-14(13)23-15/h3-9,21-22H,1-2H3. The first kappa shape index (κ1) is 15.6. The SMILES string of the molecule is CN(C)c1ccc(N=Nc2nc3ccccc3s2)c(B(O)O)c1. The maximum atomic E-state index is 9.54. The van der Waals surface area contributed by atoms with Crippen molar-refractivity contribution in [2.24, 2.45) is 10.2 Å². The van der Waals surface area contributed by atoms with Crippen LogP contribution in [0.1, 0.15) is 0 Å². The molecule has 0 atom stereocenters. The highest BCUT2D eigenvalue weighted by Crippen LogP contribution is 2.29. The zero-order chi connectivity index (χ0) is 16.4. The van der Waals surface area contributed by atoms with Gasteiger partial charge in [-0.05, 0) is 30.3 Å². The largest absolute Gasteiger partial charge is 0.490 e. The number of hydrogen-bond acceptors (Lipinski definition) is 7. The van der Waals surface area contributed by atoms with Crippen LogP contribution in [-0.2, 0) is 0 Å². The zero-order valence-electron chi connectivity index (χ0n) is 12.7. The minimum absolute atomic E-state index is 0.307. The van der Waals surface area contributed by atoms with Crippen molar-refractivity contribution in [1.82, 2.24) is 4.98 Å². The number of benzene rings is 2. The molecule has 3 rings (SSSR count). The lowest BCUT2D eigenvalue weighted by atomic mass is 9.79. The Labute approximate surface area is 137 Å². The third-order valence-electron chi connectivity index (χ3n) is 3.33. The summed E-state index contributed by atoms with van der Waals surface area (Å²) in [7, 11) is 2.15. The topological polar surface area (TPSA) is 81.3 Å². The van der Waals surface area contributed by atoms with Crippen LogP contribution in [0.2, 0.25) is 0 Å². The van der Waals surface area contributed by atoms with E-state index in [0.717, 1.165) is 15.9 Å². The molecule has 6 nitrogen and oxygen atoms in total. The Balaban J connectivity index is 1.94. The van der Waals surface area contributed by atoms with Gasteiger partial charge in [0.2, 0.25) is 5.13 Å². The lowest BCUT2D eigenvalue weighted by Gasteiger charge is -2.14. The number of hydrogen-bond donors (Lipinski definition) is 2. The van der Waals surface area contributed by atoms with Crippen LogP contribution in [0, 0.1) is 0 Å². The van der Waals surface area contributed by atoms with Gasteiger partial charge in [0.05, 0.1) is 15.9 Å². The molecule has 2 N–H and O–H groups in total. The van der Waals surface area contributed by atoms with E-state index in [1.165, 1.54) is 11.3 Å². The second kappa shape index (κ2) is 6.45. The number of fused-ring (bicyclic) bond motifs is 1. The van der Waals surface area contributed by atoms with Crippen molar-refractivity contribution in [1.29, 1.82) is 0 Å². The van der Waals surface area contributed by atoms with E-state index in [9.17, 15) is 10.0 Å². The predicted octanol–water partition coefficient (Wildman–Crippen LogP) is 2.46. The Morgan fingerprint density at radius 1 is 1.09 bits per heavy atom. The van der Waals surface area contributed by atoms with Crippen LogP contribution in [0.25, 0.3) is 10.2 Å². The van der Waals surface area contributed by atoms with Gasteiger partial charge in [-0.15, -0.1) is 10.2 Å². The minimum Gasteiger partial charge on any atom is -0.423 e. The first-order chi connectivity index (χ1) is 11.0. The molecule has 23 heavy (non-hydrogen) atoms. The van der Waals surface area contributed by atoms with Gasteiger partial charge in [-0.3, -0.25) is 0 Å². The summed E-state index contributed by atoms with van der Waals surface area (Å²) in [6.07, 6.45) is 0. The normalized spacial score (nSPS) is 11.3. The van der Waals surface area contributed by atoms with Gasteiger partial charge in [-0.1, -0.05) is 23.5 Å². The van der Waals surface area contributed by atoms with Gasteiger partial charge in [-0.2, -0.15) is 0 Å². The first-order valence-corrected chi connectivity index (χ1v) is 7.81. The van der Waals surface area contributed by atoms with Crippen molar-refractivity contribution in [3.8, 4) is 0 Å². The predicted molar refractivity (Wildman–Crippen MR) is 94.4 cm³/mol. The molecular formula is C15H15BN4O2S. The van der Waals surface area contributed by atoms with Crippen LogP contribution in [0.5, 0.6) is 0 Å². The van der Waals surface area contributed by atoms with E-state index >= 15 is 0 Å². The third kappa shape index (κ3) is 3.39. The molecule has 1 aromatic heterocycles. The van der Waals surface area contributed by atoms with Crippen LogP contribution in [0.4, 0.5) is 16.5 Å². The van der Waals surface area contributed by atoms with Crippen molar-refractivity contribution < 1.29 is 10.0 Å². The number of anilines is 1. The summed E-state index contributed by atoms with van der Waals surface area (Å²) < 4.78 is 1.03. The van der Waals surface area contributed by atoms with E-state index in [2.05, 4.69) is 15.2 Å². The summed E-state index contributed by atoms with van der Waals surface area (Å²) in [4.78, 5) is 6.25. The van der Waals surface area contributed by atoms with Crippen molar-refractivity contribution in [3.05, 3.63) is 42.5 Å². The Morgan fingerprint density at radius 3 is 2.57 bits per heavy atom. The fourth-order valence-electron chi connectivity index (χ4n) is 2.12. The molecule has 0 aliphatic rings.